The minimum Gasteiger partial charge on any atom is -0.478 e. The van der Waals surface area contributed by atoms with Crippen LogP contribution < -0.4 is 5.32 Å². The summed E-state index contributed by atoms with van der Waals surface area (Å²) in [5.74, 6) is -1.81. The van der Waals surface area contributed by atoms with Gasteiger partial charge in [0.15, 0.2) is 5.76 Å². The summed E-state index contributed by atoms with van der Waals surface area (Å²) in [5, 5.41) is 11.9. The van der Waals surface area contributed by atoms with E-state index in [0.717, 1.165) is 17.9 Å². The van der Waals surface area contributed by atoms with Gasteiger partial charge in [0.25, 0.3) is 5.91 Å². The first-order valence-electron chi connectivity index (χ1n) is 5.47. The van der Waals surface area contributed by atoms with Crippen molar-refractivity contribution in [3.8, 4) is 0 Å². The van der Waals surface area contributed by atoms with Crippen LogP contribution in [0.25, 0.3) is 0 Å². The molecule has 0 aliphatic carbocycles. The average molecular weight is 359 g/mol. The molecule has 1 amide bonds. The second-order valence-electron chi connectivity index (χ2n) is 4.04. The topological polar surface area (TPSA) is 79.5 Å². The minimum absolute atomic E-state index is 0.0869. The quantitative estimate of drug-likeness (QED) is 0.870. The van der Waals surface area contributed by atoms with Gasteiger partial charge >= 0.3 is 5.97 Å². The molecule has 2 aromatic rings. The predicted octanol–water partition coefficient (Wildman–Crippen LogP) is 3.95. The summed E-state index contributed by atoms with van der Waals surface area (Å²) in [5.41, 5.74) is 1.25. The highest BCUT2D eigenvalue weighted by molar-refractivity contribution is 9.10. The van der Waals surface area contributed by atoms with Crippen LogP contribution in [-0.2, 0) is 0 Å². The fourth-order valence-electron chi connectivity index (χ4n) is 1.49. The first-order valence-corrected chi connectivity index (χ1v) is 6.64. The molecule has 0 bridgehead atoms. The monoisotopic (exact) mass is 357 g/mol. The van der Waals surface area contributed by atoms with Gasteiger partial charge in [0.1, 0.15) is 6.26 Å². The fourth-order valence-corrected chi connectivity index (χ4v) is 2.21. The lowest BCUT2D eigenvalue weighted by atomic mass is 10.2. The summed E-state index contributed by atoms with van der Waals surface area (Å²) < 4.78 is 5.58. The van der Waals surface area contributed by atoms with E-state index in [2.05, 4.69) is 21.2 Å². The van der Waals surface area contributed by atoms with Gasteiger partial charge in [-0.25, -0.2) is 4.79 Å². The molecule has 104 valence electrons. The van der Waals surface area contributed by atoms with Crippen LogP contribution in [0.15, 0.2) is 33.4 Å². The van der Waals surface area contributed by atoms with Gasteiger partial charge in [-0.15, -0.1) is 0 Å². The molecule has 2 N–H and O–H groups in total. The number of nitrogens with one attached hydrogen (secondary N) is 1. The molecule has 1 aromatic heterocycles. The van der Waals surface area contributed by atoms with Crippen molar-refractivity contribution in [1.29, 1.82) is 0 Å². The summed E-state index contributed by atoms with van der Waals surface area (Å²) in [6.07, 6.45) is 1.01. The Hall–Kier alpha value is -1.79. The summed E-state index contributed by atoms with van der Waals surface area (Å²) in [7, 11) is 0. The molecule has 0 saturated heterocycles. The van der Waals surface area contributed by atoms with E-state index in [-0.39, 0.29) is 11.3 Å². The van der Waals surface area contributed by atoms with Crippen molar-refractivity contribution in [2.45, 2.75) is 6.92 Å². The third-order valence-corrected chi connectivity index (χ3v) is 3.63. The number of aryl methyl sites for hydroxylation is 1. The fraction of sp³-hybridized carbons (Fsp3) is 0.0769. The first kappa shape index (κ1) is 14.6. The van der Waals surface area contributed by atoms with Crippen molar-refractivity contribution in [1.82, 2.24) is 0 Å². The van der Waals surface area contributed by atoms with Crippen LogP contribution in [0.4, 0.5) is 5.69 Å². The molecular weight excluding hydrogens is 350 g/mol. The molecule has 0 saturated carbocycles. The van der Waals surface area contributed by atoms with Crippen LogP contribution in [0.1, 0.15) is 26.5 Å². The normalized spacial score (nSPS) is 10.3. The van der Waals surface area contributed by atoms with Gasteiger partial charge in [-0.2, -0.15) is 0 Å². The second kappa shape index (κ2) is 5.68. The third-order valence-electron chi connectivity index (χ3n) is 2.57. The number of carbonyl (C=O) groups excluding carboxylic acids is 1. The zero-order chi connectivity index (χ0) is 14.9. The Labute approximate surface area is 127 Å². The minimum atomic E-state index is -1.16. The zero-order valence-electron chi connectivity index (χ0n) is 10.2. The van der Waals surface area contributed by atoms with Gasteiger partial charge < -0.3 is 14.8 Å². The molecule has 0 unspecified atom stereocenters. The summed E-state index contributed by atoms with van der Waals surface area (Å²) in [6, 6.07) is 4.52. The van der Waals surface area contributed by atoms with Crippen molar-refractivity contribution in [3.63, 3.8) is 0 Å². The smallest absolute Gasteiger partial charge is 0.338 e. The second-order valence-corrected chi connectivity index (χ2v) is 5.30. The van der Waals surface area contributed by atoms with Crippen LogP contribution >= 0.6 is 27.5 Å². The maximum Gasteiger partial charge on any atom is 0.338 e. The number of benzene rings is 1. The van der Waals surface area contributed by atoms with Crippen molar-refractivity contribution in [3.05, 3.63) is 50.8 Å². The van der Waals surface area contributed by atoms with Gasteiger partial charge in [0.2, 0.25) is 0 Å². The van der Waals surface area contributed by atoms with E-state index >= 15 is 0 Å². The lowest BCUT2D eigenvalue weighted by molar-refractivity contribution is 0.0696. The van der Waals surface area contributed by atoms with E-state index in [4.69, 9.17) is 21.1 Å². The maximum atomic E-state index is 11.9. The Kier molecular flexibility index (Phi) is 4.15. The molecule has 1 aromatic carbocycles. The Balaban J connectivity index is 2.23. The number of rotatable bonds is 3. The zero-order valence-corrected chi connectivity index (χ0v) is 12.6. The maximum absolute atomic E-state index is 11.9. The lowest BCUT2D eigenvalue weighted by Gasteiger charge is -2.08. The highest BCUT2D eigenvalue weighted by Gasteiger charge is 2.16. The summed E-state index contributed by atoms with van der Waals surface area (Å²) in [6.45, 7) is 1.84. The Bertz CT molecular complexity index is 696. The number of furan rings is 1. The molecule has 0 spiro atoms. The number of hydrogen-bond donors (Lipinski definition) is 2. The lowest BCUT2D eigenvalue weighted by Crippen LogP contribution is -2.11. The van der Waals surface area contributed by atoms with Crippen molar-refractivity contribution in [2.24, 2.45) is 0 Å². The Morgan fingerprint density at radius 2 is 2.05 bits per heavy atom. The third kappa shape index (κ3) is 3.02. The van der Waals surface area contributed by atoms with Crippen LogP contribution in [0.2, 0.25) is 5.02 Å². The highest BCUT2D eigenvalue weighted by atomic mass is 79.9. The number of carboxylic acids is 1. The molecule has 0 aliphatic heterocycles. The van der Waals surface area contributed by atoms with E-state index in [1.807, 2.05) is 6.92 Å². The van der Waals surface area contributed by atoms with E-state index in [1.54, 1.807) is 12.1 Å². The van der Waals surface area contributed by atoms with Crippen molar-refractivity contribution >= 4 is 45.1 Å². The van der Waals surface area contributed by atoms with Gasteiger partial charge in [-0.05, 0) is 40.5 Å². The highest BCUT2D eigenvalue weighted by Crippen LogP contribution is 2.29. The van der Waals surface area contributed by atoms with Gasteiger partial charge in [-0.1, -0.05) is 11.6 Å². The number of hydrogen-bond acceptors (Lipinski definition) is 3. The number of halogens is 2. The number of aromatic carboxylic acids is 1. The van der Waals surface area contributed by atoms with Gasteiger partial charge in [0.05, 0.1) is 11.3 Å². The SMILES string of the molecule is Cc1cc(Br)c(NC(=O)c2cc(C(=O)O)co2)cc1Cl. The molecule has 0 fully saturated rings. The molecule has 5 nitrogen and oxygen atoms in total. The van der Waals surface area contributed by atoms with Crippen molar-refractivity contribution in [2.75, 3.05) is 5.32 Å². The molecule has 1 heterocycles. The van der Waals surface area contributed by atoms with Crippen molar-refractivity contribution < 1.29 is 19.1 Å². The summed E-state index contributed by atoms with van der Waals surface area (Å²) in [4.78, 5) is 22.7. The molecular formula is C13H9BrClNO4. The first-order chi connectivity index (χ1) is 9.38. The van der Waals surface area contributed by atoms with E-state index in [1.165, 1.54) is 0 Å². The Morgan fingerprint density at radius 3 is 2.65 bits per heavy atom. The van der Waals surface area contributed by atoms with Crippen LogP contribution in [-0.4, -0.2) is 17.0 Å². The van der Waals surface area contributed by atoms with E-state index in [0.29, 0.717) is 15.2 Å². The number of anilines is 1. The standard InChI is InChI=1S/C13H9BrClNO4/c1-6-2-8(14)10(4-9(6)15)16-12(17)11-3-7(5-20-11)13(18)19/h2-5H,1H3,(H,16,17)(H,18,19). The van der Waals surface area contributed by atoms with E-state index in [9.17, 15) is 9.59 Å². The van der Waals surface area contributed by atoms with Crippen LogP contribution in [0.5, 0.6) is 0 Å². The van der Waals surface area contributed by atoms with Crippen LogP contribution in [0, 0.1) is 6.92 Å². The molecule has 2 rings (SSSR count). The van der Waals surface area contributed by atoms with Gasteiger partial charge in [-0.3, -0.25) is 4.79 Å². The predicted molar refractivity (Wildman–Crippen MR) is 77.5 cm³/mol. The largest absolute Gasteiger partial charge is 0.478 e. The number of carboxylic acid groups (broad SMARTS) is 1. The molecule has 0 radical (unpaired) electrons. The number of amides is 1. The molecule has 0 atom stereocenters. The number of carbonyl (C=O) groups is 2. The van der Waals surface area contributed by atoms with Crippen LogP contribution in [0.3, 0.4) is 0 Å². The van der Waals surface area contributed by atoms with E-state index < -0.39 is 11.9 Å². The van der Waals surface area contributed by atoms with Gasteiger partial charge in [0, 0.05) is 15.6 Å². The molecule has 20 heavy (non-hydrogen) atoms. The summed E-state index contributed by atoms with van der Waals surface area (Å²) >= 11 is 9.30. The average Bonchev–Trinajstić information content (AvgIpc) is 2.85. The molecule has 0 aliphatic rings. The Morgan fingerprint density at radius 1 is 1.35 bits per heavy atom. The molecule has 7 heteroatoms.